The Hall–Kier alpha value is -2.71. The van der Waals surface area contributed by atoms with Gasteiger partial charge in [-0.3, -0.25) is 9.48 Å². The summed E-state index contributed by atoms with van der Waals surface area (Å²) < 4.78 is 15.6. The van der Waals surface area contributed by atoms with Crippen LogP contribution in [0.4, 0.5) is 21.8 Å². The molecule has 30 heavy (non-hydrogen) atoms. The Morgan fingerprint density at radius 1 is 1.33 bits per heavy atom. The molecule has 2 aromatic rings. The second-order valence-corrected chi connectivity index (χ2v) is 9.70. The van der Waals surface area contributed by atoms with Crippen molar-refractivity contribution in [1.82, 2.24) is 19.7 Å². The molecule has 0 radical (unpaired) electrons. The van der Waals surface area contributed by atoms with Crippen LogP contribution < -0.4 is 15.5 Å². The summed E-state index contributed by atoms with van der Waals surface area (Å²) in [6.07, 6.45) is 5.87. The molecule has 0 spiro atoms. The van der Waals surface area contributed by atoms with Crippen LogP contribution in [-0.2, 0) is 17.9 Å². The number of carbonyl (C=O) groups is 1. The fourth-order valence-corrected chi connectivity index (χ4v) is 5.43. The molecule has 160 valence electrons. The molecule has 0 saturated heterocycles. The van der Waals surface area contributed by atoms with Crippen LogP contribution >= 0.6 is 0 Å². The van der Waals surface area contributed by atoms with E-state index in [0.717, 1.165) is 23.6 Å². The lowest BCUT2D eigenvalue weighted by Gasteiger charge is -2.65. The number of aryl methyl sites for hydroxylation is 1. The Labute approximate surface area is 175 Å². The number of fused-ring (bicyclic) bond motifs is 1. The van der Waals surface area contributed by atoms with Crippen molar-refractivity contribution >= 4 is 23.4 Å². The molecule has 2 N–H and O–H groups in total. The molecule has 0 unspecified atom stereocenters. The summed E-state index contributed by atoms with van der Waals surface area (Å²) in [6.45, 7) is 7.25. The van der Waals surface area contributed by atoms with E-state index in [1.165, 1.54) is 0 Å². The first-order valence-electron chi connectivity index (χ1n) is 10.5. The SMILES string of the molecule is Cc1nc(NCc2cnn(CC34CC(F)(C3)C4)c2)nc2c1NC(=O)[C@H](C(C)C)N2C. The van der Waals surface area contributed by atoms with Crippen molar-refractivity contribution in [2.45, 2.75) is 64.8 Å². The molecule has 1 amide bonds. The maximum Gasteiger partial charge on any atom is 0.247 e. The number of hydrogen-bond acceptors (Lipinski definition) is 6. The van der Waals surface area contributed by atoms with E-state index in [1.807, 2.05) is 49.8 Å². The third-order valence-electron chi connectivity index (χ3n) is 6.68. The molecule has 8 nitrogen and oxygen atoms in total. The zero-order valence-corrected chi connectivity index (χ0v) is 17.9. The number of carbonyl (C=O) groups excluding carboxylic acids is 1. The van der Waals surface area contributed by atoms with Crippen LogP contribution in [0.3, 0.4) is 0 Å². The number of halogens is 1. The van der Waals surface area contributed by atoms with Gasteiger partial charge >= 0.3 is 0 Å². The highest BCUT2D eigenvalue weighted by molar-refractivity contribution is 6.03. The molecule has 0 aromatic carbocycles. The quantitative estimate of drug-likeness (QED) is 0.757. The topological polar surface area (TPSA) is 88.0 Å². The molecular formula is C21H28FN7O. The van der Waals surface area contributed by atoms with Crippen molar-refractivity contribution in [3.05, 3.63) is 23.7 Å². The first-order valence-corrected chi connectivity index (χ1v) is 10.5. The first-order chi connectivity index (χ1) is 14.2. The summed E-state index contributed by atoms with van der Waals surface area (Å²) in [5.41, 5.74) is 1.68. The van der Waals surface area contributed by atoms with Crippen molar-refractivity contribution < 1.29 is 9.18 Å². The van der Waals surface area contributed by atoms with E-state index in [4.69, 9.17) is 0 Å². The molecule has 9 heteroatoms. The molecule has 4 aliphatic rings. The Kier molecular flexibility index (Phi) is 4.10. The number of amides is 1. The van der Waals surface area contributed by atoms with Crippen molar-refractivity contribution in [2.75, 3.05) is 22.6 Å². The number of rotatable bonds is 6. The monoisotopic (exact) mass is 413 g/mol. The van der Waals surface area contributed by atoms with Crippen molar-refractivity contribution in [3.63, 3.8) is 0 Å². The van der Waals surface area contributed by atoms with Gasteiger partial charge in [-0.25, -0.2) is 9.37 Å². The van der Waals surface area contributed by atoms with Gasteiger partial charge in [0.15, 0.2) is 5.82 Å². The first kappa shape index (κ1) is 19.3. The lowest BCUT2D eigenvalue weighted by Crippen LogP contribution is -2.65. The van der Waals surface area contributed by atoms with Gasteiger partial charge in [0.2, 0.25) is 11.9 Å². The number of aromatic nitrogens is 4. The van der Waals surface area contributed by atoms with E-state index in [1.54, 1.807) is 0 Å². The average molecular weight is 414 g/mol. The summed E-state index contributed by atoms with van der Waals surface area (Å²) >= 11 is 0. The van der Waals surface area contributed by atoms with E-state index < -0.39 is 5.67 Å². The summed E-state index contributed by atoms with van der Waals surface area (Å²) in [6, 6.07) is -0.265. The van der Waals surface area contributed by atoms with Crippen LogP contribution in [0.1, 0.15) is 44.4 Å². The summed E-state index contributed by atoms with van der Waals surface area (Å²) in [5.74, 6) is 1.38. The Balaban J connectivity index is 1.27. The van der Waals surface area contributed by atoms with Crippen LogP contribution in [0.15, 0.2) is 12.4 Å². The van der Waals surface area contributed by atoms with Gasteiger partial charge in [0.1, 0.15) is 17.4 Å². The largest absolute Gasteiger partial charge is 0.350 e. The van der Waals surface area contributed by atoms with Crippen LogP contribution in [0.2, 0.25) is 0 Å². The number of nitrogens with zero attached hydrogens (tertiary/aromatic N) is 5. The minimum atomic E-state index is -0.875. The summed E-state index contributed by atoms with van der Waals surface area (Å²) in [4.78, 5) is 23.5. The predicted octanol–water partition coefficient (Wildman–Crippen LogP) is 2.90. The van der Waals surface area contributed by atoms with Gasteiger partial charge in [0, 0.05) is 31.9 Å². The predicted molar refractivity (Wildman–Crippen MR) is 112 cm³/mol. The van der Waals surface area contributed by atoms with Gasteiger partial charge < -0.3 is 15.5 Å². The maximum atomic E-state index is 13.7. The van der Waals surface area contributed by atoms with E-state index in [0.29, 0.717) is 37.4 Å². The Morgan fingerprint density at radius 2 is 2.07 bits per heavy atom. The second-order valence-electron chi connectivity index (χ2n) is 9.70. The fourth-order valence-electron chi connectivity index (χ4n) is 5.43. The number of anilines is 3. The fraction of sp³-hybridized carbons (Fsp3) is 0.619. The molecule has 3 fully saturated rings. The van der Waals surface area contributed by atoms with Crippen LogP contribution in [0.5, 0.6) is 0 Å². The lowest BCUT2D eigenvalue weighted by molar-refractivity contribution is -0.221. The van der Waals surface area contributed by atoms with Gasteiger partial charge in [-0.05, 0) is 37.5 Å². The van der Waals surface area contributed by atoms with Gasteiger partial charge in [0.05, 0.1) is 11.9 Å². The van der Waals surface area contributed by atoms with Crippen molar-refractivity contribution in [3.8, 4) is 0 Å². The third-order valence-corrected chi connectivity index (χ3v) is 6.68. The van der Waals surface area contributed by atoms with E-state index in [2.05, 4.69) is 25.7 Å². The van der Waals surface area contributed by atoms with Gasteiger partial charge in [-0.15, -0.1) is 0 Å². The van der Waals surface area contributed by atoms with Crippen LogP contribution in [-0.4, -0.2) is 44.4 Å². The highest BCUT2D eigenvalue weighted by atomic mass is 19.1. The highest BCUT2D eigenvalue weighted by Crippen LogP contribution is 2.70. The molecule has 1 atom stereocenters. The zero-order valence-electron chi connectivity index (χ0n) is 17.9. The number of nitrogens with one attached hydrogen (secondary N) is 2. The third kappa shape index (κ3) is 3.02. The number of hydrogen-bond donors (Lipinski definition) is 2. The minimum absolute atomic E-state index is 0.0257. The molecule has 2 aromatic heterocycles. The van der Waals surface area contributed by atoms with Gasteiger partial charge in [0.25, 0.3) is 0 Å². The van der Waals surface area contributed by atoms with Crippen molar-refractivity contribution in [1.29, 1.82) is 0 Å². The maximum absolute atomic E-state index is 13.7. The molecule has 3 saturated carbocycles. The smallest absolute Gasteiger partial charge is 0.247 e. The summed E-state index contributed by atoms with van der Waals surface area (Å²) in [5, 5.41) is 10.7. The minimum Gasteiger partial charge on any atom is -0.350 e. The van der Waals surface area contributed by atoms with E-state index in [-0.39, 0.29) is 23.3 Å². The second kappa shape index (κ2) is 6.39. The van der Waals surface area contributed by atoms with Crippen molar-refractivity contribution in [2.24, 2.45) is 11.3 Å². The molecule has 6 rings (SSSR count). The van der Waals surface area contributed by atoms with E-state index >= 15 is 0 Å². The Morgan fingerprint density at radius 3 is 2.73 bits per heavy atom. The normalized spacial score (nSPS) is 29.2. The summed E-state index contributed by atoms with van der Waals surface area (Å²) in [7, 11) is 1.90. The molecule has 1 aliphatic heterocycles. The average Bonchev–Trinajstić information content (AvgIpc) is 3.06. The van der Waals surface area contributed by atoms with Crippen LogP contribution in [0.25, 0.3) is 0 Å². The van der Waals surface area contributed by atoms with Crippen LogP contribution in [0, 0.1) is 18.3 Å². The standard InChI is InChI=1S/C21H28FN7O/c1-12(2)16-18(30)26-15-13(3)25-19(27-17(15)28(16)4)23-5-14-6-24-29(7-14)11-20-8-21(22,9-20)10-20/h6-7,12,16H,5,8-11H2,1-4H3,(H,26,30)(H,23,25,27)/t16-,20?,21?/m0/s1. The van der Waals surface area contributed by atoms with Gasteiger partial charge in [-0.2, -0.15) is 10.1 Å². The zero-order chi connectivity index (χ0) is 21.3. The number of likely N-dealkylation sites (N-methyl/N-ethyl adjacent to an activating group) is 1. The van der Waals surface area contributed by atoms with Gasteiger partial charge in [-0.1, -0.05) is 13.8 Å². The Bertz CT molecular complexity index is 997. The van der Waals surface area contributed by atoms with E-state index in [9.17, 15) is 9.18 Å². The molecule has 2 bridgehead atoms. The molecule has 3 aliphatic carbocycles. The molecular weight excluding hydrogens is 385 g/mol. The number of alkyl halides is 1. The molecule has 3 heterocycles. The highest BCUT2D eigenvalue weighted by Gasteiger charge is 2.69. The lowest BCUT2D eigenvalue weighted by atomic mass is 9.42.